The van der Waals surface area contributed by atoms with Crippen LogP contribution < -0.4 is 16.2 Å². The van der Waals surface area contributed by atoms with Crippen molar-refractivity contribution >= 4 is 11.7 Å². The molecule has 7 nitrogen and oxygen atoms in total. The quantitative estimate of drug-likeness (QED) is 0.623. The maximum absolute atomic E-state index is 11.9. The molecule has 0 unspecified atom stereocenters. The lowest BCUT2D eigenvalue weighted by molar-refractivity contribution is -0.119. The molecule has 0 bridgehead atoms. The largest absolute Gasteiger partial charge is 0.361 e. The van der Waals surface area contributed by atoms with Crippen molar-refractivity contribution in [2.45, 2.75) is 20.4 Å². The highest BCUT2D eigenvalue weighted by Gasteiger charge is 2.07. The number of carbonyl (C=O) groups excluding carboxylic acids is 1. The van der Waals surface area contributed by atoms with Gasteiger partial charge < -0.3 is 15.6 Å². The standard InChI is InChI=1S/C20H21N5O2/c1-13-14(2)24-19(25-20(13)27)16-8-9-17(21-11-16)22-12-18(26)23-10-15-6-4-3-5-7-15/h3-9,11H,10,12H2,1-2H3,(H,21,22)(H,23,26)(H,24,25,27). The summed E-state index contributed by atoms with van der Waals surface area (Å²) in [5.74, 6) is 0.924. The second-order valence-corrected chi connectivity index (χ2v) is 6.17. The first-order valence-electron chi connectivity index (χ1n) is 8.61. The number of amides is 1. The molecule has 0 fully saturated rings. The van der Waals surface area contributed by atoms with Gasteiger partial charge in [0.25, 0.3) is 5.56 Å². The number of aromatic amines is 1. The van der Waals surface area contributed by atoms with E-state index in [0.29, 0.717) is 35.0 Å². The van der Waals surface area contributed by atoms with Gasteiger partial charge in [0, 0.05) is 29.6 Å². The van der Waals surface area contributed by atoms with Crippen molar-refractivity contribution in [1.29, 1.82) is 0 Å². The summed E-state index contributed by atoms with van der Waals surface area (Å²) >= 11 is 0. The maximum atomic E-state index is 11.9. The third-order valence-electron chi connectivity index (χ3n) is 4.19. The zero-order valence-corrected chi connectivity index (χ0v) is 15.2. The predicted molar refractivity (Wildman–Crippen MR) is 104 cm³/mol. The van der Waals surface area contributed by atoms with Crippen LogP contribution in [0.25, 0.3) is 11.4 Å². The van der Waals surface area contributed by atoms with Gasteiger partial charge in [-0.25, -0.2) is 9.97 Å². The number of pyridine rings is 1. The molecule has 0 saturated heterocycles. The predicted octanol–water partition coefficient (Wildman–Crippen LogP) is 2.18. The summed E-state index contributed by atoms with van der Waals surface area (Å²) < 4.78 is 0. The number of carbonyl (C=O) groups is 1. The summed E-state index contributed by atoms with van der Waals surface area (Å²) in [6.45, 7) is 4.14. The van der Waals surface area contributed by atoms with Gasteiger partial charge in [-0.15, -0.1) is 0 Å². The molecule has 3 aromatic rings. The van der Waals surface area contributed by atoms with Crippen molar-refractivity contribution in [3.05, 3.63) is 75.8 Å². The molecule has 0 spiro atoms. The number of anilines is 1. The van der Waals surface area contributed by atoms with E-state index in [1.165, 1.54) is 0 Å². The average molecular weight is 363 g/mol. The third-order valence-corrected chi connectivity index (χ3v) is 4.19. The van der Waals surface area contributed by atoms with Crippen LogP contribution in [0.1, 0.15) is 16.8 Å². The topological polar surface area (TPSA) is 99.8 Å². The molecule has 1 amide bonds. The fourth-order valence-corrected chi connectivity index (χ4v) is 2.45. The van der Waals surface area contributed by atoms with E-state index in [1.807, 2.05) is 30.3 Å². The first-order valence-corrected chi connectivity index (χ1v) is 8.61. The number of rotatable bonds is 6. The van der Waals surface area contributed by atoms with Gasteiger partial charge in [-0.05, 0) is 31.5 Å². The van der Waals surface area contributed by atoms with Crippen molar-refractivity contribution in [2.24, 2.45) is 0 Å². The summed E-state index contributed by atoms with van der Waals surface area (Å²) in [4.78, 5) is 35.2. The lowest BCUT2D eigenvalue weighted by Gasteiger charge is -2.08. The minimum Gasteiger partial charge on any atom is -0.361 e. The molecule has 7 heteroatoms. The maximum Gasteiger partial charge on any atom is 0.254 e. The molecule has 0 radical (unpaired) electrons. The number of aryl methyl sites for hydroxylation is 1. The number of nitrogens with one attached hydrogen (secondary N) is 3. The van der Waals surface area contributed by atoms with Gasteiger partial charge >= 0.3 is 0 Å². The number of hydrogen-bond donors (Lipinski definition) is 3. The van der Waals surface area contributed by atoms with Crippen molar-refractivity contribution in [2.75, 3.05) is 11.9 Å². The van der Waals surface area contributed by atoms with E-state index in [-0.39, 0.29) is 18.0 Å². The highest BCUT2D eigenvalue weighted by Crippen LogP contribution is 2.15. The van der Waals surface area contributed by atoms with Gasteiger partial charge in [-0.1, -0.05) is 30.3 Å². The molecule has 0 aliphatic carbocycles. The van der Waals surface area contributed by atoms with Crippen LogP contribution in [0.15, 0.2) is 53.5 Å². The highest BCUT2D eigenvalue weighted by atomic mass is 16.2. The van der Waals surface area contributed by atoms with Crippen molar-refractivity contribution in [3.8, 4) is 11.4 Å². The summed E-state index contributed by atoms with van der Waals surface area (Å²) in [5, 5.41) is 5.82. The molecule has 2 heterocycles. The minimum atomic E-state index is -0.158. The van der Waals surface area contributed by atoms with E-state index < -0.39 is 0 Å². The Hall–Kier alpha value is -3.48. The van der Waals surface area contributed by atoms with E-state index in [0.717, 1.165) is 5.56 Å². The Bertz CT molecular complexity index is 982. The molecule has 0 saturated carbocycles. The molecule has 138 valence electrons. The van der Waals surface area contributed by atoms with E-state index in [4.69, 9.17) is 0 Å². The Morgan fingerprint density at radius 2 is 1.89 bits per heavy atom. The molecule has 3 rings (SSSR count). The van der Waals surface area contributed by atoms with Crippen molar-refractivity contribution < 1.29 is 4.79 Å². The molecule has 0 aliphatic heterocycles. The minimum absolute atomic E-state index is 0.120. The van der Waals surface area contributed by atoms with Crippen LogP contribution in [0.2, 0.25) is 0 Å². The zero-order valence-electron chi connectivity index (χ0n) is 15.2. The van der Waals surface area contributed by atoms with Gasteiger partial charge in [-0.3, -0.25) is 9.59 Å². The Balaban J connectivity index is 1.56. The number of H-pyrrole nitrogens is 1. The molecule has 0 aliphatic rings. The van der Waals surface area contributed by atoms with Gasteiger partial charge in [0.2, 0.25) is 5.91 Å². The number of hydrogen-bond acceptors (Lipinski definition) is 5. The van der Waals surface area contributed by atoms with Crippen LogP contribution in [0, 0.1) is 13.8 Å². The van der Waals surface area contributed by atoms with Crippen LogP contribution in [0.4, 0.5) is 5.82 Å². The normalized spacial score (nSPS) is 10.4. The van der Waals surface area contributed by atoms with Gasteiger partial charge in [0.1, 0.15) is 11.6 Å². The number of benzene rings is 1. The molecular weight excluding hydrogens is 342 g/mol. The molecule has 3 N–H and O–H groups in total. The molecule has 27 heavy (non-hydrogen) atoms. The fourth-order valence-electron chi connectivity index (χ4n) is 2.45. The Morgan fingerprint density at radius 1 is 1.11 bits per heavy atom. The molecule has 0 atom stereocenters. The van der Waals surface area contributed by atoms with Crippen LogP contribution in [0.5, 0.6) is 0 Å². The Kier molecular flexibility index (Phi) is 5.61. The van der Waals surface area contributed by atoms with Gasteiger partial charge in [0.05, 0.1) is 6.54 Å². The number of aromatic nitrogens is 3. The van der Waals surface area contributed by atoms with Crippen LogP contribution in [0.3, 0.4) is 0 Å². The fraction of sp³-hybridized carbons (Fsp3) is 0.200. The number of nitrogens with zero attached hydrogens (tertiary/aromatic N) is 2. The van der Waals surface area contributed by atoms with Crippen molar-refractivity contribution in [1.82, 2.24) is 20.3 Å². The van der Waals surface area contributed by atoms with E-state index >= 15 is 0 Å². The van der Waals surface area contributed by atoms with E-state index in [2.05, 4.69) is 25.6 Å². The second kappa shape index (κ2) is 8.27. The Labute approximate surface area is 156 Å². The highest BCUT2D eigenvalue weighted by molar-refractivity contribution is 5.80. The van der Waals surface area contributed by atoms with E-state index in [9.17, 15) is 9.59 Å². The summed E-state index contributed by atoms with van der Waals surface area (Å²) in [5.41, 5.74) is 2.88. The van der Waals surface area contributed by atoms with Gasteiger partial charge in [-0.2, -0.15) is 0 Å². The summed E-state index contributed by atoms with van der Waals surface area (Å²) in [7, 11) is 0. The molecular formula is C20H21N5O2. The third kappa shape index (κ3) is 4.78. The lowest BCUT2D eigenvalue weighted by atomic mass is 10.2. The van der Waals surface area contributed by atoms with Gasteiger partial charge in [0.15, 0.2) is 0 Å². The van der Waals surface area contributed by atoms with Crippen LogP contribution >= 0.6 is 0 Å². The summed E-state index contributed by atoms with van der Waals surface area (Å²) in [6, 6.07) is 13.3. The van der Waals surface area contributed by atoms with Crippen LogP contribution in [-0.4, -0.2) is 27.4 Å². The monoisotopic (exact) mass is 363 g/mol. The second-order valence-electron chi connectivity index (χ2n) is 6.17. The zero-order chi connectivity index (χ0) is 19.2. The first kappa shape index (κ1) is 18.3. The molecule has 2 aromatic heterocycles. The summed E-state index contributed by atoms with van der Waals surface area (Å²) in [6.07, 6.45) is 1.61. The SMILES string of the molecule is Cc1nc(-c2ccc(NCC(=O)NCc3ccccc3)nc2)[nH]c(=O)c1C. The Morgan fingerprint density at radius 3 is 2.56 bits per heavy atom. The molecule has 1 aromatic carbocycles. The smallest absolute Gasteiger partial charge is 0.254 e. The first-order chi connectivity index (χ1) is 13.0. The average Bonchev–Trinajstić information content (AvgIpc) is 2.69. The lowest BCUT2D eigenvalue weighted by Crippen LogP contribution is -2.29. The van der Waals surface area contributed by atoms with E-state index in [1.54, 1.807) is 32.2 Å². The van der Waals surface area contributed by atoms with Crippen molar-refractivity contribution in [3.63, 3.8) is 0 Å². The van der Waals surface area contributed by atoms with Crippen LogP contribution in [-0.2, 0) is 11.3 Å².